The van der Waals surface area contributed by atoms with Gasteiger partial charge in [-0.1, -0.05) is 25.1 Å². The molecule has 2 aliphatic rings. The Kier molecular flexibility index (Phi) is 3.89. The Balaban J connectivity index is 1.89. The molecule has 2 saturated carbocycles. The predicted octanol–water partition coefficient (Wildman–Crippen LogP) is 2.22. The van der Waals surface area contributed by atoms with E-state index >= 15 is 0 Å². The monoisotopic (exact) mass is 322 g/mol. The Bertz CT molecular complexity index is 667. The number of hydrogen-bond donors (Lipinski definition) is 1. The molecule has 0 amide bonds. The molecule has 3 rings (SSSR count). The number of carbonyl (C=O) groups is 1. The summed E-state index contributed by atoms with van der Waals surface area (Å²) >= 11 is 0. The van der Waals surface area contributed by atoms with E-state index in [2.05, 4.69) is 0 Å². The van der Waals surface area contributed by atoms with E-state index in [1.165, 1.54) is 0 Å². The van der Waals surface area contributed by atoms with Crippen LogP contribution in [0, 0.1) is 17.3 Å². The Morgan fingerprint density at radius 1 is 1.23 bits per heavy atom. The van der Waals surface area contributed by atoms with Gasteiger partial charge in [-0.2, -0.15) is 0 Å². The van der Waals surface area contributed by atoms with Gasteiger partial charge in [0.05, 0.1) is 16.8 Å². The highest BCUT2D eigenvalue weighted by molar-refractivity contribution is 7.91. The lowest BCUT2D eigenvalue weighted by Crippen LogP contribution is -2.45. The zero-order valence-corrected chi connectivity index (χ0v) is 13.6. The third-order valence-electron chi connectivity index (χ3n) is 5.67. The molecule has 0 radical (unpaired) electrons. The fourth-order valence-electron chi connectivity index (χ4n) is 4.23. The average molecular weight is 322 g/mol. The molecule has 22 heavy (non-hydrogen) atoms. The summed E-state index contributed by atoms with van der Waals surface area (Å²) in [5.74, 6) is -0.609. The molecular formula is C17H22O4S. The zero-order chi connectivity index (χ0) is 16.0. The highest BCUT2D eigenvalue weighted by Crippen LogP contribution is 2.53. The van der Waals surface area contributed by atoms with Gasteiger partial charge >= 0.3 is 0 Å². The highest BCUT2D eigenvalue weighted by Gasteiger charge is 2.54. The minimum atomic E-state index is -3.48. The van der Waals surface area contributed by atoms with E-state index in [-0.39, 0.29) is 27.8 Å². The van der Waals surface area contributed by atoms with Gasteiger partial charge in [0.2, 0.25) is 0 Å². The molecule has 0 bridgehead atoms. The van der Waals surface area contributed by atoms with Crippen LogP contribution in [0.1, 0.15) is 32.6 Å². The van der Waals surface area contributed by atoms with Crippen LogP contribution in [0.15, 0.2) is 35.2 Å². The van der Waals surface area contributed by atoms with E-state index in [4.69, 9.17) is 0 Å². The van der Waals surface area contributed by atoms with Crippen LogP contribution >= 0.6 is 0 Å². The van der Waals surface area contributed by atoms with Crippen LogP contribution in [-0.2, 0) is 14.6 Å². The predicted molar refractivity (Wildman–Crippen MR) is 83.1 cm³/mol. The third-order valence-corrected chi connectivity index (χ3v) is 7.46. The number of carbonyl (C=O) groups excluding carboxylic acids is 1. The van der Waals surface area contributed by atoms with E-state index < -0.39 is 21.9 Å². The number of hydrogen-bond acceptors (Lipinski definition) is 4. The van der Waals surface area contributed by atoms with Crippen LogP contribution in [-0.4, -0.2) is 31.2 Å². The van der Waals surface area contributed by atoms with Gasteiger partial charge in [0.15, 0.2) is 9.84 Å². The van der Waals surface area contributed by atoms with E-state index in [0.29, 0.717) is 19.3 Å². The summed E-state index contributed by atoms with van der Waals surface area (Å²) in [6, 6.07) is 8.31. The maximum absolute atomic E-state index is 12.6. The largest absolute Gasteiger partial charge is 0.393 e. The van der Waals surface area contributed by atoms with Crippen molar-refractivity contribution in [3.8, 4) is 0 Å². The van der Waals surface area contributed by atoms with Gasteiger partial charge in [0.25, 0.3) is 0 Å². The van der Waals surface area contributed by atoms with Crippen molar-refractivity contribution in [1.82, 2.24) is 0 Å². The van der Waals surface area contributed by atoms with Crippen molar-refractivity contribution in [2.75, 3.05) is 5.75 Å². The second kappa shape index (κ2) is 5.46. The lowest BCUT2D eigenvalue weighted by atomic mass is 9.63. The van der Waals surface area contributed by atoms with Crippen LogP contribution in [0.3, 0.4) is 0 Å². The maximum Gasteiger partial charge on any atom is 0.179 e. The minimum absolute atomic E-state index is 0.0257. The first-order valence-corrected chi connectivity index (χ1v) is 9.48. The van der Waals surface area contributed by atoms with Crippen LogP contribution in [0.2, 0.25) is 0 Å². The molecule has 4 atom stereocenters. The van der Waals surface area contributed by atoms with Crippen molar-refractivity contribution in [3.63, 3.8) is 0 Å². The Labute approximate surface area is 131 Å². The SMILES string of the molecule is C[C@]12CCC(=O)C(CS(=O)(=O)c3ccccc3)C1CC[C@@H]2O. The molecule has 2 aliphatic carbocycles. The number of ketones is 1. The van der Waals surface area contributed by atoms with Crippen molar-refractivity contribution >= 4 is 15.6 Å². The van der Waals surface area contributed by atoms with Gasteiger partial charge in [-0.25, -0.2) is 8.42 Å². The topological polar surface area (TPSA) is 71.4 Å². The van der Waals surface area contributed by atoms with E-state index in [0.717, 1.165) is 6.42 Å². The average Bonchev–Trinajstić information content (AvgIpc) is 2.80. The Morgan fingerprint density at radius 2 is 1.91 bits per heavy atom. The summed E-state index contributed by atoms with van der Waals surface area (Å²) in [7, 11) is -3.48. The molecule has 0 aliphatic heterocycles. The molecule has 0 heterocycles. The lowest BCUT2D eigenvalue weighted by Gasteiger charge is -2.42. The van der Waals surface area contributed by atoms with E-state index in [9.17, 15) is 18.3 Å². The summed E-state index contributed by atoms with van der Waals surface area (Å²) in [5.41, 5.74) is -0.315. The van der Waals surface area contributed by atoms with Gasteiger partial charge in [0, 0.05) is 12.3 Å². The normalized spacial score (nSPS) is 35.4. The summed E-state index contributed by atoms with van der Waals surface area (Å²) < 4.78 is 25.2. The molecule has 120 valence electrons. The van der Waals surface area contributed by atoms with Crippen LogP contribution in [0.5, 0.6) is 0 Å². The smallest absolute Gasteiger partial charge is 0.179 e. The lowest BCUT2D eigenvalue weighted by molar-refractivity contribution is -0.131. The minimum Gasteiger partial charge on any atom is -0.393 e. The van der Waals surface area contributed by atoms with Crippen molar-refractivity contribution in [2.45, 2.75) is 43.6 Å². The number of sulfone groups is 1. The van der Waals surface area contributed by atoms with Crippen LogP contribution < -0.4 is 0 Å². The van der Waals surface area contributed by atoms with Gasteiger partial charge < -0.3 is 5.11 Å². The molecule has 2 unspecified atom stereocenters. The molecule has 2 fully saturated rings. The summed E-state index contributed by atoms with van der Waals surface area (Å²) in [6.07, 6.45) is 2.01. The number of benzene rings is 1. The number of fused-ring (bicyclic) bond motifs is 1. The number of Topliss-reactive ketones (excluding diaryl/α,β-unsaturated/α-hetero) is 1. The maximum atomic E-state index is 12.6. The second-order valence-corrected chi connectivity index (χ2v) is 8.91. The third kappa shape index (κ3) is 2.50. The first-order chi connectivity index (χ1) is 10.3. The molecule has 1 aromatic rings. The van der Waals surface area contributed by atoms with Gasteiger partial charge in [-0.05, 0) is 42.7 Å². The molecule has 5 heteroatoms. The first kappa shape index (κ1) is 15.7. The van der Waals surface area contributed by atoms with Gasteiger partial charge in [-0.15, -0.1) is 0 Å². The number of rotatable bonds is 3. The van der Waals surface area contributed by atoms with Crippen molar-refractivity contribution in [1.29, 1.82) is 0 Å². The van der Waals surface area contributed by atoms with Crippen molar-refractivity contribution < 1.29 is 18.3 Å². The summed E-state index contributed by atoms with van der Waals surface area (Å²) in [6.45, 7) is 2.00. The highest BCUT2D eigenvalue weighted by atomic mass is 32.2. The number of aliphatic hydroxyl groups is 1. The summed E-state index contributed by atoms with van der Waals surface area (Å²) in [5, 5.41) is 10.2. The van der Waals surface area contributed by atoms with Gasteiger partial charge in [0.1, 0.15) is 5.78 Å². The molecule has 1 N–H and O–H groups in total. The van der Waals surface area contributed by atoms with E-state index in [1.807, 2.05) is 6.92 Å². The summed E-state index contributed by atoms with van der Waals surface area (Å²) in [4.78, 5) is 12.6. The molecular weight excluding hydrogens is 300 g/mol. The molecule has 0 saturated heterocycles. The van der Waals surface area contributed by atoms with Crippen LogP contribution in [0.25, 0.3) is 0 Å². The molecule has 0 spiro atoms. The van der Waals surface area contributed by atoms with Gasteiger partial charge in [-0.3, -0.25) is 4.79 Å². The first-order valence-electron chi connectivity index (χ1n) is 7.83. The van der Waals surface area contributed by atoms with Crippen molar-refractivity contribution in [3.05, 3.63) is 30.3 Å². The van der Waals surface area contributed by atoms with Crippen LogP contribution in [0.4, 0.5) is 0 Å². The quantitative estimate of drug-likeness (QED) is 0.926. The molecule has 4 nitrogen and oxygen atoms in total. The van der Waals surface area contributed by atoms with E-state index in [1.54, 1.807) is 30.3 Å². The standard InChI is InChI=1S/C17H22O4S/c1-17-10-9-15(18)13(14(17)7-8-16(17)19)11-22(20,21)12-5-3-2-4-6-12/h2-6,13-14,16,19H,7-11H2,1H3/t13?,14?,16-,17-/m0/s1. The van der Waals surface area contributed by atoms with Crippen molar-refractivity contribution in [2.24, 2.45) is 17.3 Å². The Hall–Kier alpha value is -1.20. The Morgan fingerprint density at radius 3 is 2.59 bits per heavy atom. The molecule has 1 aromatic carbocycles. The zero-order valence-electron chi connectivity index (χ0n) is 12.7. The molecule has 0 aromatic heterocycles. The number of aliphatic hydroxyl groups excluding tert-OH is 1. The second-order valence-electron chi connectivity index (χ2n) is 6.87. The fraction of sp³-hybridized carbons (Fsp3) is 0.588. The fourth-order valence-corrected chi connectivity index (χ4v) is 5.88.